The molecule has 94 valence electrons. The molecule has 0 aliphatic carbocycles. The van der Waals surface area contributed by atoms with E-state index in [1.54, 1.807) is 0 Å². The van der Waals surface area contributed by atoms with Crippen LogP contribution in [0, 0.1) is 0 Å². The van der Waals surface area contributed by atoms with Crippen LogP contribution in [0.4, 0.5) is 5.13 Å². The number of amides is 1. The van der Waals surface area contributed by atoms with Gasteiger partial charge in [-0.3, -0.25) is 10.1 Å². The first kappa shape index (κ1) is 12.4. The third-order valence-electron chi connectivity index (χ3n) is 2.79. The number of anilines is 1. The summed E-state index contributed by atoms with van der Waals surface area (Å²) in [6.45, 7) is 5.05. The molecule has 2 N–H and O–H groups in total. The highest BCUT2D eigenvalue weighted by Gasteiger charge is 2.21. The van der Waals surface area contributed by atoms with Crippen molar-refractivity contribution in [1.29, 1.82) is 0 Å². The smallest absolute Gasteiger partial charge is 0.243 e. The van der Waals surface area contributed by atoms with Gasteiger partial charge in [0.25, 0.3) is 0 Å². The van der Waals surface area contributed by atoms with E-state index >= 15 is 0 Å². The molecule has 1 unspecified atom stereocenters. The highest BCUT2D eigenvalue weighted by Crippen LogP contribution is 2.22. The molecule has 0 bridgehead atoms. The topological polar surface area (TPSA) is 66.9 Å². The Morgan fingerprint density at radius 1 is 1.47 bits per heavy atom. The molecule has 5 nitrogen and oxygen atoms in total. The van der Waals surface area contributed by atoms with E-state index in [1.165, 1.54) is 11.3 Å². The molecule has 2 heterocycles. The zero-order valence-corrected chi connectivity index (χ0v) is 11.0. The molecule has 0 spiro atoms. The molecule has 1 amide bonds. The summed E-state index contributed by atoms with van der Waals surface area (Å²) in [5, 5.41) is 15.6. The van der Waals surface area contributed by atoms with Crippen LogP contribution >= 0.6 is 11.3 Å². The summed E-state index contributed by atoms with van der Waals surface area (Å²) in [6.07, 6.45) is 3.17. The summed E-state index contributed by atoms with van der Waals surface area (Å²) in [7, 11) is 0. The minimum atomic E-state index is -0.0739. The molecule has 6 heteroatoms. The van der Waals surface area contributed by atoms with Gasteiger partial charge < -0.3 is 5.32 Å². The van der Waals surface area contributed by atoms with E-state index in [4.69, 9.17) is 0 Å². The van der Waals surface area contributed by atoms with E-state index in [0.717, 1.165) is 30.8 Å². The maximum absolute atomic E-state index is 11.9. The van der Waals surface area contributed by atoms with Crippen LogP contribution in [0.2, 0.25) is 0 Å². The van der Waals surface area contributed by atoms with Crippen molar-refractivity contribution >= 4 is 22.4 Å². The third kappa shape index (κ3) is 3.23. The predicted molar refractivity (Wildman–Crippen MR) is 68.3 cm³/mol. The van der Waals surface area contributed by atoms with Gasteiger partial charge in [-0.15, -0.1) is 10.2 Å². The minimum absolute atomic E-state index is 0.0103. The maximum atomic E-state index is 11.9. The minimum Gasteiger partial charge on any atom is -0.306 e. The van der Waals surface area contributed by atoms with Crippen molar-refractivity contribution in [2.45, 2.75) is 45.1 Å². The number of nitrogens with zero attached hydrogens (tertiary/aromatic N) is 2. The summed E-state index contributed by atoms with van der Waals surface area (Å²) in [6, 6.07) is -0.0739. The van der Waals surface area contributed by atoms with Crippen molar-refractivity contribution in [3.63, 3.8) is 0 Å². The average Bonchev–Trinajstić information content (AvgIpc) is 2.79. The van der Waals surface area contributed by atoms with Crippen molar-refractivity contribution < 1.29 is 4.79 Å². The van der Waals surface area contributed by atoms with E-state index in [1.807, 2.05) is 0 Å². The van der Waals surface area contributed by atoms with Gasteiger partial charge in [0.1, 0.15) is 5.01 Å². The predicted octanol–water partition coefficient (Wildman–Crippen LogP) is 1.74. The Kier molecular flexibility index (Phi) is 4.06. The molecular formula is C11H18N4OS. The van der Waals surface area contributed by atoms with Gasteiger partial charge in [0.15, 0.2) is 0 Å². The van der Waals surface area contributed by atoms with Gasteiger partial charge in [-0.05, 0) is 19.4 Å². The molecule has 1 aliphatic rings. The summed E-state index contributed by atoms with van der Waals surface area (Å²) in [5.41, 5.74) is 0. The molecule has 0 radical (unpaired) electrons. The van der Waals surface area contributed by atoms with Gasteiger partial charge in [0.05, 0.1) is 6.04 Å². The van der Waals surface area contributed by atoms with Gasteiger partial charge in [-0.2, -0.15) is 0 Å². The zero-order chi connectivity index (χ0) is 12.3. The first-order valence-corrected chi connectivity index (χ1v) is 6.86. The van der Waals surface area contributed by atoms with E-state index in [2.05, 4.69) is 34.7 Å². The van der Waals surface area contributed by atoms with Gasteiger partial charge >= 0.3 is 0 Å². The molecule has 1 saturated heterocycles. The van der Waals surface area contributed by atoms with Crippen molar-refractivity contribution in [2.75, 3.05) is 11.9 Å². The standard InChI is InChI=1S/C11H18N4OS/c1-7(2)10-14-15-11(17-10)13-9(16)8-5-3-4-6-12-8/h7-8,12H,3-6H2,1-2H3,(H,13,15,16). The molecule has 0 saturated carbocycles. The maximum Gasteiger partial charge on any atom is 0.243 e. The van der Waals surface area contributed by atoms with Crippen LogP contribution in [0.15, 0.2) is 0 Å². The molecule has 0 aromatic carbocycles. The number of aromatic nitrogens is 2. The second-order valence-electron chi connectivity index (χ2n) is 4.59. The molecular weight excluding hydrogens is 236 g/mol. The van der Waals surface area contributed by atoms with Crippen LogP contribution in [0.3, 0.4) is 0 Å². The highest BCUT2D eigenvalue weighted by atomic mass is 32.1. The average molecular weight is 254 g/mol. The zero-order valence-electron chi connectivity index (χ0n) is 10.2. The molecule has 1 aromatic rings. The summed E-state index contributed by atoms with van der Waals surface area (Å²) >= 11 is 1.45. The van der Waals surface area contributed by atoms with Gasteiger partial charge in [0.2, 0.25) is 11.0 Å². The summed E-state index contributed by atoms with van der Waals surface area (Å²) in [5.74, 6) is 0.363. The lowest BCUT2D eigenvalue weighted by Gasteiger charge is -2.21. The van der Waals surface area contributed by atoms with Crippen molar-refractivity contribution in [3.8, 4) is 0 Å². The first-order valence-electron chi connectivity index (χ1n) is 6.04. The number of carbonyl (C=O) groups excluding carboxylic acids is 1. The Labute approximate surface area is 105 Å². The van der Waals surface area contributed by atoms with E-state index < -0.39 is 0 Å². The van der Waals surface area contributed by atoms with Crippen LogP contribution in [0.5, 0.6) is 0 Å². The Balaban J connectivity index is 1.92. The number of carbonyl (C=O) groups is 1. The second kappa shape index (κ2) is 5.55. The molecule has 1 fully saturated rings. The normalized spacial score (nSPS) is 20.5. The van der Waals surface area contributed by atoms with Gasteiger partial charge in [-0.1, -0.05) is 31.6 Å². The van der Waals surface area contributed by atoms with Crippen LogP contribution in [0.1, 0.15) is 44.0 Å². The molecule has 2 rings (SSSR count). The van der Waals surface area contributed by atoms with Crippen molar-refractivity contribution in [2.24, 2.45) is 0 Å². The fraction of sp³-hybridized carbons (Fsp3) is 0.727. The number of hydrogen-bond donors (Lipinski definition) is 2. The van der Waals surface area contributed by atoms with Crippen LogP contribution < -0.4 is 10.6 Å². The van der Waals surface area contributed by atoms with Gasteiger partial charge in [0, 0.05) is 5.92 Å². The number of nitrogens with one attached hydrogen (secondary N) is 2. The Hall–Kier alpha value is -1.01. The number of piperidine rings is 1. The summed E-state index contributed by atoms with van der Waals surface area (Å²) < 4.78 is 0. The fourth-order valence-corrected chi connectivity index (χ4v) is 2.54. The van der Waals surface area contributed by atoms with Crippen molar-refractivity contribution in [3.05, 3.63) is 5.01 Å². The van der Waals surface area contributed by atoms with E-state index in [-0.39, 0.29) is 11.9 Å². The Morgan fingerprint density at radius 2 is 2.29 bits per heavy atom. The Morgan fingerprint density at radius 3 is 2.88 bits per heavy atom. The molecule has 1 aromatic heterocycles. The monoisotopic (exact) mass is 254 g/mol. The summed E-state index contributed by atoms with van der Waals surface area (Å²) in [4.78, 5) is 11.9. The lowest BCUT2D eigenvalue weighted by Crippen LogP contribution is -2.43. The van der Waals surface area contributed by atoms with Crippen LogP contribution in [0.25, 0.3) is 0 Å². The van der Waals surface area contributed by atoms with Crippen LogP contribution in [-0.2, 0) is 4.79 Å². The molecule has 17 heavy (non-hydrogen) atoms. The number of rotatable bonds is 3. The third-order valence-corrected chi connectivity index (χ3v) is 3.93. The first-order chi connectivity index (χ1) is 8.16. The lowest BCUT2D eigenvalue weighted by molar-refractivity contribution is -0.118. The molecule has 1 atom stereocenters. The fourth-order valence-electron chi connectivity index (χ4n) is 1.79. The Bertz CT molecular complexity index is 385. The molecule has 1 aliphatic heterocycles. The van der Waals surface area contributed by atoms with E-state index in [0.29, 0.717) is 11.0 Å². The highest BCUT2D eigenvalue weighted by molar-refractivity contribution is 7.15. The van der Waals surface area contributed by atoms with Crippen molar-refractivity contribution in [1.82, 2.24) is 15.5 Å². The van der Waals surface area contributed by atoms with Gasteiger partial charge in [-0.25, -0.2) is 0 Å². The number of hydrogen-bond acceptors (Lipinski definition) is 5. The van der Waals surface area contributed by atoms with Crippen LogP contribution in [-0.4, -0.2) is 28.7 Å². The largest absolute Gasteiger partial charge is 0.306 e. The second-order valence-corrected chi connectivity index (χ2v) is 5.60. The quantitative estimate of drug-likeness (QED) is 0.862. The lowest BCUT2D eigenvalue weighted by atomic mass is 10.0. The van der Waals surface area contributed by atoms with E-state index in [9.17, 15) is 4.79 Å². The SMILES string of the molecule is CC(C)c1nnc(NC(=O)C2CCCCN2)s1.